The van der Waals surface area contributed by atoms with Crippen LogP contribution in [0, 0.1) is 5.92 Å². The number of esters is 1. The van der Waals surface area contributed by atoms with E-state index in [2.05, 4.69) is 4.74 Å². The number of carbonyl (C=O) groups is 1. The Morgan fingerprint density at radius 3 is 2.52 bits per heavy atom. The molecule has 0 bridgehead atoms. The quantitative estimate of drug-likeness (QED) is 0.740. The average Bonchev–Trinajstić information content (AvgIpc) is 3.04. The first-order valence-corrected chi connectivity index (χ1v) is 9.21. The van der Waals surface area contributed by atoms with Crippen molar-refractivity contribution in [3.8, 4) is 5.75 Å². The van der Waals surface area contributed by atoms with E-state index in [-0.39, 0.29) is 11.8 Å². The van der Waals surface area contributed by atoms with Gasteiger partial charge in [-0.15, -0.1) is 0 Å². The summed E-state index contributed by atoms with van der Waals surface area (Å²) in [5.41, 5.74) is 0.942. The first kappa shape index (κ1) is 17.7. The zero-order chi connectivity index (χ0) is 17.0. The van der Waals surface area contributed by atoms with Gasteiger partial charge in [0.25, 0.3) is 0 Å². The number of carbonyl (C=O) groups excluding carboxylic acids is 1. The van der Waals surface area contributed by atoms with Gasteiger partial charge in [-0.1, -0.05) is 19.1 Å². The first-order valence-electron chi connectivity index (χ1n) is 7.60. The van der Waals surface area contributed by atoms with Gasteiger partial charge in [-0.25, -0.2) is 8.42 Å². The van der Waals surface area contributed by atoms with Gasteiger partial charge in [0.2, 0.25) is 10.0 Å². The Hall–Kier alpha value is -1.60. The summed E-state index contributed by atoms with van der Waals surface area (Å²) >= 11 is 0. The summed E-state index contributed by atoms with van der Waals surface area (Å²) in [6.07, 6.45) is 1.58. The third-order valence-electron chi connectivity index (χ3n) is 4.13. The second-order valence-corrected chi connectivity index (χ2v) is 7.71. The lowest BCUT2D eigenvalue weighted by atomic mass is 10.1. The van der Waals surface area contributed by atoms with E-state index in [9.17, 15) is 13.2 Å². The zero-order valence-electron chi connectivity index (χ0n) is 13.7. The minimum atomic E-state index is -3.53. The molecular formula is C16H23NO5S. The predicted octanol–water partition coefficient (Wildman–Crippen LogP) is 1.97. The van der Waals surface area contributed by atoms with Crippen LogP contribution in [0.2, 0.25) is 0 Å². The molecule has 0 N–H and O–H groups in total. The molecule has 1 aromatic carbocycles. The van der Waals surface area contributed by atoms with Crippen molar-refractivity contribution in [2.75, 3.05) is 26.5 Å². The summed E-state index contributed by atoms with van der Waals surface area (Å²) in [6, 6.07) is 7.25. The van der Waals surface area contributed by atoms with Crippen molar-refractivity contribution in [2.45, 2.75) is 25.8 Å². The highest BCUT2D eigenvalue weighted by Crippen LogP contribution is 2.35. The topological polar surface area (TPSA) is 72.9 Å². The van der Waals surface area contributed by atoms with Gasteiger partial charge in [-0.2, -0.15) is 4.31 Å². The largest absolute Gasteiger partial charge is 0.497 e. The first-order chi connectivity index (χ1) is 10.9. The average molecular weight is 341 g/mol. The molecule has 0 aromatic heterocycles. The van der Waals surface area contributed by atoms with Crippen molar-refractivity contribution in [3.63, 3.8) is 0 Å². The summed E-state index contributed by atoms with van der Waals surface area (Å²) in [6.45, 7) is 2.05. The minimum absolute atomic E-state index is 0.184. The fourth-order valence-electron chi connectivity index (χ4n) is 2.91. The molecule has 1 heterocycles. The number of benzene rings is 1. The standard InChI is InChI=1S/C16H23NO5S/c1-12(16(18)22-3)11-23(19,20)17-10-4-5-15(17)13-6-8-14(21-2)9-7-13/h6-9,12,15H,4-5,10-11H2,1-3H3/t12-,15+/m1/s1. The zero-order valence-corrected chi connectivity index (χ0v) is 14.5. The molecule has 0 aliphatic carbocycles. The van der Waals surface area contributed by atoms with Crippen LogP contribution < -0.4 is 4.74 Å². The normalized spacial score (nSPS) is 20.2. The predicted molar refractivity (Wildman–Crippen MR) is 86.6 cm³/mol. The maximum Gasteiger partial charge on any atom is 0.309 e. The molecule has 6 nitrogen and oxygen atoms in total. The molecule has 2 rings (SSSR count). The minimum Gasteiger partial charge on any atom is -0.497 e. The Kier molecular flexibility index (Phi) is 5.64. The molecule has 1 aromatic rings. The van der Waals surface area contributed by atoms with Crippen molar-refractivity contribution in [2.24, 2.45) is 5.92 Å². The number of hydrogen-bond donors (Lipinski definition) is 0. The van der Waals surface area contributed by atoms with E-state index in [1.54, 1.807) is 14.0 Å². The van der Waals surface area contributed by atoms with E-state index in [4.69, 9.17) is 4.74 Å². The highest BCUT2D eigenvalue weighted by atomic mass is 32.2. The van der Waals surface area contributed by atoms with Gasteiger partial charge < -0.3 is 9.47 Å². The third-order valence-corrected chi connectivity index (χ3v) is 6.20. The van der Waals surface area contributed by atoms with Crippen LogP contribution in [0.5, 0.6) is 5.75 Å². The third kappa shape index (κ3) is 4.03. The molecule has 0 radical (unpaired) electrons. The number of sulfonamides is 1. The Balaban J connectivity index is 2.18. The number of rotatable bonds is 6. The lowest BCUT2D eigenvalue weighted by Crippen LogP contribution is -2.36. The van der Waals surface area contributed by atoms with Crippen LogP contribution in [0.15, 0.2) is 24.3 Å². The van der Waals surface area contributed by atoms with Crippen LogP contribution in [-0.4, -0.2) is 45.2 Å². The maximum atomic E-state index is 12.7. The lowest BCUT2D eigenvalue weighted by Gasteiger charge is -2.25. The van der Waals surface area contributed by atoms with Gasteiger partial charge in [0, 0.05) is 12.6 Å². The highest BCUT2D eigenvalue weighted by molar-refractivity contribution is 7.89. The van der Waals surface area contributed by atoms with E-state index in [0.717, 1.165) is 24.2 Å². The SMILES string of the molecule is COC(=O)[C@H](C)CS(=O)(=O)N1CCC[C@H]1c1ccc(OC)cc1. The molecular weight excluding hydrogens is 318 g/mol. The van der Waals surface area contributed by atoms with E-state index >= 15 is 0 Å². The molecule has 7 heteroatoms. The highest BCUT2D eigenvalue weighted by Gasteiger charge is 2.36. The number of ether oxygens (including phenoxy) is 2. The van der Waals surface area contributed by atoms with Crippen molar-refractivity contribution >= 4 is 16.0 Å². The molecule has 2 atom stereocenters. The van der Waals surface area contributed by atoms with Crippen LogP contribution in [0.25, 0.3) is 0 Å². The molecule has 0 amide bonds. The molecule has 0 saturated carbocycles. The van der Waals surface area contributed by atoms with Crippen LogP contribution in [-0.2, 0) is 19.6 Å². The summed E-state index contributed by atoms with van der Waals surface area (Å²) in [4.78, 5) is 11.5. The molecule has 23 heavy (non-hydrogen) atoms. The molecule has 128 valence electrons. The fourth-order valence-corrected chi connectivity index (χ4v) is 4.89. The van der Waals surface area contributed by atoms with Crippen molar-refractivity contribution in [3.05, 3.63) is 29.8 Å². The van der Waals surface area contributed by atoms with Crippen LogP contribution in [0.3, 0.4) is 0 Å². The van der Waals surface area contributed by atoms with Crippen molar-refractivity contribution in [1.82, 2.24) is 4.31 Å². The Bertz CT molecular complexity index is 641. The number of hydrogen-bond acceptors (Lipinski definition) is 5. The molecule has 1 aliphatic rings. The van der Waals surface area contributed by atoms with Gasteiger partial charge in [-0.05, 0) is 30.5 Å². The van der Waals surface area contributed by atoms with E-state index in [1.807, 2.05) is 24.3 Å². The number of nitrogens with zero attached hydrogens (tertiary/aromatic N) is 1. The van der Waals surface area contributed by atoms with Crippen molar-refractivity contribution in [1.29, 1.82) is 0 Å². The smallest absolute Gasteiger partial charge is 0.309 e. The van der Waals surface area contributed by atoms with E-state index in [0.29, 0.717) is 6.54 Å². The van der Waals surface area contributed by atoms with Gasteiger partial charge in [0.1, 0.15) is 5.75 Å². The van der Waals surface area contributed by atoms with E-state index < -0.39 is 21.9 Å². The molecule has 1 fully saturated rings. The summed E-state index contributed by atoms with van der Waals surface area (Å²) in [5.74, 6) is -0.678. The van der Waals surface area contributed by atoms with E-state index in [1.165, 1.54) is 11.4 Å². The Morgan fingerprint density at radius 1 is 1.30 bits per heavy atom. The number of methoxy groups -OCH3 is 2. The summed E-state index contributed by atoms with van der Waals surface area (Å²) in [5, 5.41) is 0. The van der Waals surface area contributed by atoms with Crippen LogP contribution in [0.1, 0.15) is 31.4 Å². The molecule has 0 unspecified atom stereocenters. The van der Waals surface area contributed by atoms with Crippen molar-refractivity contribution < 1.29 is 22.7 Å². The van der Waals surface area contributed by atoms with Gasteiger partial charge in [-0.3, -0.25) is 4.79 Å². The monoisotopic (exact) mass is 341 g/mol. The fraction of sp³-hybridized carbons (Fsp3) is 0.562. The molecule has 1 saturated heterocycles. The molecule has 1 aliphatic heterocycles. The lowest BCUT2D eigenvalue weighted by molar-refractivity contribution is -0.144. The van der Waals surface area contributed by atoms with Gasteiger partial charge >= 0.3 is 5.97 Å². The molecule has 0 spiro atoms. The Labute approximate surface area is 137 Å². The van der Waals surface area contributed by atoms with Crippen LogP contribution >= 0.6 is 0 Å². The van der Waals surface area contributed by atoms with Crippen LogP contribution in [0.4, 0.5) is 0 Å². The van der Waals surface area contributed by atoms with Gasteiger partial charge in [0.15, 0.2) is 0 Å². The second kappa shape index (κ2) is 7.31. The van der Waals surface area contributed by atoms with Gasteiger partial charge in [0.05, 0.1) is 25.9 Å². The Morgan fingerprint density at radius 2 is 1.96 bits per heavy atom. The second-order valence-electron chi connectivity index (χ2n) is 5.74. The maximum absolute atomic E-state index is 12.7. The summed E-state index contributed by atoms with van der Waals surface area (Å²) in [7, 11) is -0.668. The summed E-state index contributed by atoms with van der Waals surface area (Å²) < 4.78 is 36.6.